The van der Waals surface area contributed by atoms with Gasteiger partial charge in [0.2, 0.25) is 5.12 Å². The topological polar surface area (TPSA) is 137 Å². The second kappa shape index (κ2) is 32.9. The third kappa shape index (κ3) is 31.1. The van der Waals surface area contributed by atoms with Gasteiger partial charge in [-0.05, 0) is 37.9 Å². The van der Waals surface area contributed by atoms with Crippen LogP contribution in [-0.4, -0.2) is 51.0 Å². The molecule has 2 aliphatic heterocycles. The Morgan fingerprint density at radius 1 is 0.692 bits per heavy atom. The smallest absolute Gasteiger partial charge is 0.201 e. The highest BCUT2D eigenvalue weighted by Crippen LogP contribution is 2.29. The van der Waals surface area contributed by atoms with E-state index >= 15 is 0 Å². The Labute approximate surface area is 245 Å². The number of ketones is 2. The van der Waals surface area contributed by atoms with Gasteiger partial charge in [-0.25, -0.2) is 0 Å². The first-order valence-electron chi connectivity index (χ1n) is 14.5. The van der Waals surface area contributed by atoms with Gasteiger partial charge in [0.25, 0.3) is 0 Å². The number of carbonyl (C=O) groups excluding carboxylic acids is 5. The normalized spacial score (nSPS) is 15.0. The summed E-state index contributed by atoms with van der Waals surface area (Å²) in [6.07, 6.45) is 23.0. The Balaban J connectivity index is -0.000000506. The van der Waals surface area contributed by atoms with E-state index in [1.54, 1.807) is 6.92 Å². The number of allylic oxidation sites excluding steroid dienone is 2. The van der Waals surface area contributed by atoms with E-state index in [1.165, 1.54) is 77.0 Å². The number of thioether (sulfide) groups is 2. The molecule has 2 aliphatic rings. The van der Waals surface area contributed by atoms with Crippen molar-refractivity contribution < 1.29 is 34.6 Å². The number of aliphatic hydroxyl groups excluding tert-OH is 1. The zero-order valence-electron chi connectivity index (χ0n) is 24.6. The summed E-state index contributed by atoms with van der Waals surface area (Å²) in [5, 5.41) is 7.59. The Kier molecular flexibility index (Phi) is 35.6. The molecular weight excluding hydrogens is 536 g/mol. The first-order valence-corrected chi connectivity index (χ1v) is 16.3. The minimum atomic E-state index is 0. The third-order valence-electron chi connectivity index (χ3n) is 5.60. The van der Waals surface area contributed by atoms with Crippen LogP contribution in [0.25, 0.3) is 0 Å². The highest BCUT2D eigenvalue weighted by Gasteiger charge is 2.25. The second-order valence-electron chi connectivity index (χ2n) is 9.32. The molecule has 2 heterocycles. The molecule has 2 rings (SSSR count). The number of rotatable bonds is 16. The van der Waals surface area contributed by atoms with Gasteiger partial charge in [0.15, 0.2) is 16.7 Å². The molecule has 0 unspecified atom stereocenters. The lowest BCUT2D eigenvalue weighted by Crippen LogP contribution is -1.91. The number of carbonyl (C=O) groups is 5. The minimum absolute atomic E-state index is 0. The van der Waals surface area contributed by atoms with Crippen molar-refractivity contribution in [3.05, 3.63) is 11.0 Å². The van der Waals surface area contributed by atoms with E-state index in [-0.39, 0.29) is 46.7 Å². The molecule has 7 nitrogen and oxygen atoms in total. The number of Topliss-reactive ketones (excluding diaryl/α,β-unsaturated/α-hetero) is 2. The van der Waals surface area contributed by atoms with Gasteiger partial charge in [-0.2, -0.15) is 0 Å². The van der Waals surface area contributed by atoms with Crippen LogP contribution in [0.4, 0.5) is 0 Å². The van der Waals surface area contributed by atoms with E-state index in [0.29, 0.717) is 10.7 Å². The highest BCUT2D eigenvalue weighted by molar-refractivity contribution is 8.18. The summed E-state index contributed by atoms with van der Waals surface area (Å²) in [4.78, 5) is 53.3. The van der Waals surface area contributed by atoms with Crippen LogP contribution in [0.3, 0.4) is 0 Å². The van der Waals surface area contributed by atoms with Crippen LogP contribution < -0.4 is 0 Å². The first kappa shape index (κ1) is 42.2. The summed E-state index contributed by atoms with van der Waals surface area (Å²) in [6.45, 7) is 6.39. The molecule has 3 N–H and O–H groups in total. The van der Waals surface area contributed by atoms with Crippen molar-refractivity contribution >= 4 is 51.6 Å². The van der Waals surface area contributed by atoms with E-state index in [1.807, 2.05) is 6.08 Å². The molecule has 0 atom stereocenters. The maximum absolute atomic E-state index is 11.3. The molecule has 228 valence electrons. The van der Waals surface area contributed by atoms with Crippen LogP contribution in [0.5, 0.6) is 0 Å². The van der Waals surface area contributed by atoms with Crippen molar-refractivity contribution in [3.8, 4) is 0 Å². The summed E-state index contributed by atoms with van der Waals surface area (Å²) < 4.78 is 0. The monoisotopic (exact) mass is 590 g/mol. The van der Waals surface area contributed by atoms with Crippen molar-refractivity contribution in [2.45, 2.75) is 136 Å². The minimum Gasteiger partial charge on any atom is -0.412 e. The molecule has 0 bridgehead atoms. The molecule has 0 radical (unpaired) electrons. The van der Waals surface area contributed by atoms with E-state index in [4.69, 9.17) is 5.11 Å². The Hall–Kier alpha value is -1.29. The first-order chi connectivity index (χ1) is 18.4. The molecule has 0 aromatic rings. The van der Waals surface area contributed by atoms with Crippen molar-refractivity contribution in [3.63, 3.8) is 0 Å². The fourth-order valence-electron chi connectivity index (χ4n) is 3.53. The Morgan fingerprint density at radius 2 is 1.15 bits per heavy atom. The van der Waals surface area contributed by atoms with Crippen molar-refractivity contribution in [2.75, 3.05) is 12.4 Å². The number of aliphatic hydroxyl groups is 1. The van der Waals surface area contributed by atoms with E-state index in [2.05, 4.69) is 13.8 Å². The maximum Gasteiger partial charge on any atom is 0.201 e. The molecule has 0 saturated carbocycles. The molecule has 2 saturated heterocycles. The summed E-state index contributed by atoms with van der Waals surface area (Å²) in [5.74, 6) is 0.483. The molecule has 0 aromatic carbocycles. The van der Waals surface area contributed by atoms with Gasteiger partial charge in [-0.1, -0.05) is 109 Å². The van der Waals surface area contributed by atoms with Crippen LogP contribution in [-0.2, 0) is 24.0 Å². The average Bonchev–Trinajstić information content (AvgIpc) is 3.43. The summed E-state index contributed by atoms with van der Waals surface area (Å²) >= 11 is 2.24. The van der Waals surface area contributed by atoms with Gasteiger partial charge in [0.05, 0.1) is 23.5 Å². The van der Waals surface area contributed by atoms with Crippen LogP contribution >= 0.6 is 23.5 Å². The SMILES string of the molecule is CCCCCCCCC/C=C1\SC(=O)CC1=O.CCCCCCCCCC=O.CCO.O.O=C1CSC(=O)C1. The van der Waals surface area contributed by atoms with Gasteiger partial charge < -0.3 is 15.4 Å². The highest BCUT2D eigenvalue weighted by atomic mass is 32.2. The zero-order valence-corrected chi connectivity index (χ0v) is 26.2. The van der Waals surface area contributed by atoms with Crippen molar-refractivity contribution in [2.24, 2.45) is 0 Å². The van der Waals surface area contributed by atoms with Gasteiger partial charge in [0.1, 0.15) is 6.29 Å². The molecule has 0 aromatic heterocycles. The predicted octanol–water partition coefficient (Wildman–Crippen LogP) is 6.96. The Morgan fingerprint density at radius 3 is 1.49 bits per heavy atom. The van der Waals surface area contributed by atoms with Crippen LogP contribution in [0.2, 0.25) is 0 Å². The molecule has 0 spiro atoms. The molecule has 0 aliphatic carbocycles. The summed E-state index contributed by atoms with van der Waals surface area (Å²) in [5.41, 5.74) is 0. The summed E-state index contributed by atoms with van der Waals surface area (Å²) in [7, 11) is 0. The maximum atomic E-state index is 11.3. The van der Waals surface area contributed by atoms with E-state index in [0.717, 1.165) is 55.5 Å². The van der Waals surface area contributed by atoms with Crippen LogP contribution in [0.15, 0.2) is 11.0 Å². The molecule has 2 fully saturated rings. The molecule has 0 amide bonds. The quantitative estimate of drug-likeness (QED) is 0.0881. The fraction of sp³-hybridized carbons (Fsp3) is 0.767. The lowest BCUT2D eigenvalue weighted by molar-refractivity contribution is -0.121. The van der Waals surface area contributed by atoms with Crippen LogP contribution in [0.1, 0.15) is 136 Å². The van der Waals surface area contributed by atoms with Gasteiger partial charge in [-0.3, -0.25) is 19.2 Å². The Bertz CT molecular complexity index is 664. The van der Waals surface area contributed by atoms with Crippen LogP contribution in [0, 0.1) is 0 Å². The third-order valence-corrected chi connectivity index (χ3v) is 7.52. The standard InChI is InChI=1S/C14H22O2S.C10H20O.C4H4O2S.C2H6O.H2O/c1-2-3-4-5-6-7-8-9-10-13-12(15)11-14(16)17-13;1-2-3-4-5-6-7-8-9-10-11;5-3-1-4(6)7-2-3;1-2-3;/h10H,2-9,11H2,1H3;10H,2-9H2,1H3;1-2H2;3H,2H2,1H3;1H2/b13-10-;;;;. The zero-order chi connectivity index (χ0) is 28.9. The average molecular weight is 591 g/mol. The van der Waals surface area contributed by atoms with Gasteiger partial charge in [-0.15, -0.1) is 0 Å². The fourth-order valence-corrected chi connectivity index (χ4v) is 5.06. The molecular formula is C30H54O7S2. The summed E-state index contributed by atoms with van der Waals surface area (Å²) in [6, 6.07) is 0. The molecule has 39 heavy (non-hydrogen) atoms. The van der Waals surface area contributed by atoms with E-state index < -0.39 is 0 Å². The van der Waals surface area contributed by atoms with Gasteiger partial charge >= 0.3 is 0 Å². The second-order valence-corrected chi connectivity index (χ2v) is 11.5. The number of hydrogen-bond donors (Lipinski definition) is 1. The number of aldehydes is 1. The lowest BCUT2D eigenvalue weighted by atomic mass is 10.1. The van der Waals surface area contributed by atoms with E-state index in [9.17, 15) is 24.0 Å². The number of hydrogen-bond acceptors (Lipinski definition) is 8. The van der Waals surface area contributed by atoms with Crippen molar-refractivity contribution in [1.82, 2.24) is 0 Å². The number of unbranched alkanes of at least 4 members (excludes halogenated alkanes) is 14. The van der Waals surface area contributed by atoms with Crippen molar-refractivity contribution in [1.29, 1.82) is 0 Å². The van der Waals surface area contributed by atoms with Gasteiger partial charge in [0, 0.05) is 13.0 Å². The predicted molar refractivity (Wildman–Crippen MR) is 165 cm³/mol. The largest absolute Gasteiger partial charge is 0.412 e. The molecule has 9 heteroatoms. The lowest BCUT2D eigenvalue weighted by Gasteiger charge is -1.99.